The molecular formula is C18H21FN2O. The third-order valence-corrected chi connectivity index (χ3v) is 3.46. The van der Waals surface area contributed by atoms with Crippen molar-refractivity contribution in [3.05, 3.63) is 71.5 Å². The first-order valence-corrected chi connectivity index (χ1v) is 7.32. The van der Waals surface area contributed by atoms with E-state index in [4.69, 9.17) is 0 Å². The van der Waals surface area contributed by atoms with Gasteiger partial charge in [-0.1, -0.05) is 42.5 Å². The summed E-state index contributed by atoms with van der Waals surface area (Å²) in [6, 6.07) is 16.2. The lowest BCUT2D eigenvalue weighted by Crippen LogP contribution is -2.36. The molecule has 2 aromatic rings. The maximum Gasteiger partial charge on any atom is 0.234 e. The highest BCUT2D eigenvalue weighted by Gasteiger charge is 2.11. The second-order valence-corrected chi connectivity index (χ2v) is 5.50. The van der Waals surface area contributed by atoms with E-state index in [2.05, 4.69) is 5.32 Å². The van der Waals surface area contributed by atoms with Gasteiger partial charge in [-0.3, -0.25) is 9.69 Å². The van der Waals surface area contributed by atoms with Gasteiger partial charge in [-0.05, 0) is 37.2 Å². The van der Waals surface area contributed by atoms with Crippen LogP contribution < -0.4 is 5.32 Å². The quantitative estimate of drug-likeness (QED) is 0.889. The Morgan fingerprint density at radius 2 is 1.77 bits per heavy atom. The van der Waals surface area contributed by atoms with Crippen molar-refractivity contribution in [2.45, 2.75) is 19.5 Å². The lowest BCUT2D eigenvalue weighted by Gasteiger charge is -2.19. The Kier molecular flexibility index (Phi) is 5.67. The largest absolute Gasteiger partial charge is 0.348 e. The van der Waals surface area contributed by atoms with Crippen LogP contribution in [0.5, 0.6) is 0 Å². The number of benzene rings is 2. The van der Waals surface area contributed by atoms with E-state index < -0.39 is 0 Å². The van der Waals surface area contributed by atoms with Crippen molar-refractivity contribution >= 4 is 5.91 Å². The number of hydrogen-bond donors (Lipinski definition) is 1. The molecule has 2 aromatic carbocycles. The zero-order valence-electron chi connectivity index (χ0n) is 12.9. The summed E-state index contributed by atoms with van der Waals surface area (Å²) in [5, 5.41) is 2.98. The van der Waals surface area contributed by atoms with Gasteiger partial charge in [-0.2, -0.15) is 0 Å². The number of nitrogens with one attached hydrogen (secondary N) is 1. The van der Waals surface area contributed by atoms with Gasteiger partial charge in [0.15, 0.2) is 0 Å². The summed E-state index contributed by atoms with van der Waals surface area (Å²) in [7, 11) is 1.87. The van der Waals surface area contributed by atoms with Crippen molar-refractivity contribution < 1.29 is 9.18 Å². The van der Waals surface area contributed by atoms with E-state index in [1.165, 1.54) is 12.1 Å². The average Bonchev–Trinajstić information content (AvgIpc) is 2.50. The smallest absolute Gasteiger partial charge is 0.234 e. The molecule has 0 unspecified atom stereocenters. The molecule has 0 aliphatic heterocycles. The second kappa shape index (κ2) is 7.71. The first-order valence-electron chi connectivity index (χ1n) is 7.32. The van der Waals surface area contributed by atoms with Crippen molar-refractivity contribution in [3.63, 3.8) is 0 Å². The molecule has 0 heterocycles. The van der Waals surface area contributed by atoms with Gasteiger partial charge < -0.3 is 5.32 Å². The Hall–Kier alpha value is -2.20. The van der Waals surface area contributed by atoms with Gasteiger partial charge in [0.25, 0.3) is 0 Å². The monoisotopic (exact) mass is 300 g/mol. The number of rotatable bonds is 6. The third kappa shape index (κ3) is 4.97. The molecule has 4 heteroatoms. The van der Waals surface area contributed by atoms with Crippen LogP contribution in [0.3, 0.4) is 0 Å². The summed E-state index contributed by atoms with van der Waals surface area (Å²) in [6.45, 7) is 2.87. The van der Waals surface area contributed by atoms with Crippen molar-refractivity contribution in [3.8, 4) is 0 Å². The summed E-state index contributed by atoms with van der Waals surface area (Å²) in [5.41, 5.74) is 2.06. The zero-order chi connectivity index (χ0) is 15.9. The summed E-state index contributed by atoms with van der Waals surface area (Å²) < 4.78 is 12.9. The van der Waals surface area contributed by atoms with Crippen LogP contribution in [0.25, 0.3) is 0 Å². The molecule has 0 bridgehead atoms. The van der Waals surface area contributed by atoms with Crippen molar-refractivity contribution in [2.24, 2.45) is 0 Å². The first-order chi connectivity index (χ1) is 10.5. The molecular weight excluding hydrogens is 279 g/mol. The molecule has 0 radical (unpaired) electrons. The number of amides is 1. The maximum absolute atomic E-state index is 12.9. The van der Waals surface area contributed by atoms with Crippen molar-refractivity contribution in [1.82, 2.24) is 10.2 Å². The molecule has 1 N–H and O–H groups in total. The fraction of sp³-hybridized carbons (Fsp3) is 0.278. The van der Waals surface area contributed by atoms with Gasteiger partial charge in [0.2, 0.25) is 5.91 Å². The molecule has 0 spiro atoms. The number of nitrogens with zero attached hydrogens (tertiary/aromatic N) is 1. The third-order valence-electron chi connectivity index (χ3n) is 3.46. The Morgan fingerprint density at radius 3 is 2.41 bits per heavy atom. The number of carbonyl (C=O) groups is 1. The minimum absolute atomic E-state index is 0.0204. The number of hydrogen-bond acceptors (Lipinski definition) is 2. The molecule has 2 rings (SSSR count). The normalized spacial score (nSPS) is 12.2. The Bertz CT molecular complexity index is 598. The van der Waals surface area contributed by atoms with Crippen LogP contribution >= 0.6 is 0 Å². The van der Waals surface area contributed by atoms with E-state index in [1.807, 2.05) is 49.2 Å². The molecule has 0 saturated carbocycles. The van der Waals surface area contributed by atoms with Crippen LogP contribution in [0, 0.1) is 5.82 Å². The van der Waals surface area contributed by atoms with Gasteiger partial charge in [0.05, 0.1) is 12.6 Å². The Morgan fingerprint density at radius 1 is 1.14 bits per heavy atom. The highest BCUT2D eigenvalue weighted by Crippen LogP contribution is 2.11. The summed E-state index contributed by atoms with van der Waals surface area (Å²) in [6.07, 6.45) is 0. The minimum Gasteiger partial charge on any atom is -0.348 e. The zero-order valence-corrected chi connectivity index (χ0v) is 12.9. The van der Waals surface area contributed by atoms with Crippen LogP contribution in [-0.4, -0.2) is 24.4 Å². The Labute approximate surface area is 130 Å². The van der Waals surface area contributed by atoms with E-state index >= 15 is 0 Å². The van der Waals surface area contributed by atoms with Crippen LogP contribution in [0.2, 0.25) is 0 Å². The molecule has 0 fully saturated rings. The SMILES string of the molecule is C[C@@H](NC(=O)CN(C)Cc1ccc(F)cc1)c1ccccc1. The first kappa shape index (κ1) is 16.2. The minimum atomic E-state index is -0.249. The standard InChI is InChI=1S/C18H21FN2O/c1-14(16-6-4-3-5-7-16)20-18(22)13-21(2)12-15-8-10-17(19)11-9-15/h3-11,14H,12-13H2,1-2H3,(H,20,22)/t14-/m1/s1. The molecule has 0 saturated heterocycles. The molecule has 22 heavy (non-hydrogen) atoms. The predicted molar refractivity (Wildman–Crippen MR) is 85.7 cm³/mol. The van der Waals surface area contributed by atoms with Crippen LogP contribution in [0.1, 0.15) is 24.1 Å². The van der Waals surface area contributed by atoms with E-state index in [1.54, 1.807) is 12.1 Å². The lowest BCUT2D eigenvalue weighted by molar-refractivity contribution is -0.122. The van der Waals surface area contributed by atoms with E-state index in [-0.39, 0.29) is 17.8 Å². The predicted octanol–water partition coefficient (Wildman–Crippen LogP) is 3.13. The van der Waals surface area contributed by atoms with Crippen LogP contribution in [-0.2, 0) is 11.3 Å². The number of carbonyl (C=O) groups excluding carboxylic acids is 1. The fourth-order valence-electron chi connectivity index (χ4n) is 2.31. The Balaban J connectivity index is 1.82. The van der Waals surface area contributed by atoms with Crippen LogP contribution in [0.4, 0.5) is 4.39 Å². The highest BCUT2D eigenvalue weighted by molar-refractivity contribution is 5.78. The molecule has 0 aliphatic rings. The molecule has 0 aromatic heterocycles. The molecule has 3 nitrogen and oxygen atoms in total. The van der Waals surface area contributed by atoms with Gasteiger partial charge in [0.1, 0.15) is 5.82 Å². The van der Waals surface area contributed by atoms with E-state index in [9.17, 15) is 9.18 Å². The number of likely N-dealkylation sites (N-methyl/N-ethyl adjacent to an activating group) is 1. The second-order valence-electron chi connectivity index (χ2n) is 5.50. The van der Waals surface area contributed by atoms with E-state index in [0.717, 1.165) is 11.1 Å². The summed E-state index contributed by atoms with van der Waals surface area (Å²) >= 11 is 0. The molecule has 116 valence electrons. The van der Waals surface area contributed by atoms with Crippen molar-refractivity contribution in [1.29, 1.82) is 0 Å². The average molecular weight is 300 g/mol. The molecule has 0 aliphatic carbocycles. The summed E-state index contributed by atoms with van der Waals surface area (Å²) in [4.78, 5) is 14.0. The van der Waals surface area contributed by atoms with Gasteiger partial charge in [-0.15, -0.1) is 0 Å². The van der Waals surface area contributed by atoms with Gasteiger partial charge in [-0.25, -0.2) is 4.39 Å². The lowest BCUT2D eigenvalue weighted by atomic mass is 10.1. The van der Waals surface area contributed by atoms with Gasteiger partial charge >= 0.3 is 0 Å². The topological polar surface area (TPSA) is 32.3 Å². The van der Waals surface area contributed by atoms with Crippen LogP contribution in [0.15, 0.2) is 54.6 Å². The summed E-state index contributed by atoms with van der Waals surface area (Å²) in [5.74, 6) is -0.276. The van der Waals surface area contributed by atoms with E-state index in [0.29, 0.717) is 13.1 Å². The fourth-order valence-corrected chi connectivity index (χ4v) is 2.31. The molecule has 1 atom stereocenters. The highest BCUT2D eigenvalue weighted by atomic mass is 19.1. The van der Waals surface area contributed by atoms with Crippen molar-refractivity contribution in [2.75, 3.05) is 13.6 Å². The molecule has 1 amide bonds. The van der Waals surface area contributed by atoms with Gasteiger partial charge in [0, 0.05) is 6.54 Å². The maximum atomic E-state index is 12.9. The number of halogens is 1.